The molecule has 1 atom stereocenters. The molecule has 0 radical (unpaired) electrons. The molecule has 0 aliphatic rings. The summed E-state index contributed by atoms with van der Waals surface area (Å²) in [6.45, 7) is 2.04. The Bertz CT molecular complexity index is 456. The van der Waals surface area contributed by atoms with E-state index in [1.54, 1.807) is 22.7 Å². The van der Waals surface area contributed by atoms with E-state index in [-0.39, 0.29) is 0 Å². The van der Waals surface area contributed by atoms with Gasteiger partial charge in [-0.3, -0.25) is 0 Å². The third-order valence-electron chi connectivity index (χ3n) is 2.00. The number of halogens is 2. The van der Waals surface area contributed by atoms with E-state index >= 15 is 0 Å². The summed E-state index contributed by atoms with van der Waals surface area (Å²) < 4.78 is 2.01. The predicted molar refractivity (Wildman–Crippen MR) is 72.8 cm³/mol. The van der Waals surface area contributed by atoms with E-state index in [0.717, 1.165) is 18.7 Å². The normalized spacial score (nSPS) is 13.1. The van der Waals surface area contributed by atoms with E-state index in [4.69, 9.17) is 0 Å². The van der Waals surface area contributed by atoms with Crippen LogP contribution in [-0.4, -0.2) is 5.11 Å². The van der Waals surface area contributed by atoms with Gasteiger partial charge in [0, 0.05) is 14.2 Å². The van der Waals surface area contributed by atoms with Crippen molar-refractivity contribution in [1.82, 2.24) is 0 Å². The largest absolute Gasteiger partial charge is 0.383 e. The summed E-state index contributed by atoms with van der Waals surface area (Å²) in [6, 6.07) is 3.98. The van der Waals surface area contributed by atoms with Gasteiger partial charge in [-0.25, -0.2) is 0 Å². The van der Waals surface area contributed by atoms with Gasteiger partial charge in [-0.1, -0.05) is 0 Å². The van der Waals surface area contributed by atoms with Crippen molar-refractivity contribution in [3.05, 3.63) is 41.1 Å². The first kappa shape index (κ1) is 11.8. The van der Waals surface area contributed by atoms with Crippen LogP contribution in [0, 0.1) is 6.92 Å². The van der Waals surface area contributed by atoms with Crippen LogP contribution in [0.5, 0.6) is 0 Å². The Balaban J connectivity index is 2.31. The minimum atomic E-state index is -0.512. The fourth-order valence-corrected chi connectivity index (χ4v) is 4.10. The van der Waals surface area contributed by atoms with E-state index in [9.17, 15) is 5.11 Å². The van der Waals surface area contributed by atoms with Gasteiger partial charge < -0.3 is 5.11 Å². The van der Waals surface area contributed by atoms with Gasteiger partial charge >= 0.3 is 0 Å². The monoisotopic (exact) mass is 366 g/mol. The fourth-order valence-electron chi connectivity index (χ4n) is 1.27. The average molecular weight is 368 g/mol. The molecule has 2 heterocycles. The average Bonchev–Trinajstić information content (AvgIpc) is 2.74. The lowest BCUT2D eigenvalue weighted by Gasteiger charge is -2.04. The minimum absolute atomic E-state index is 0.512. The molecule has 0 aliphatic heterocycles. The Hall–Kier alpha value is 0.320. The number of aryl methyl sites for hydroxylation is 1. The summed E-state index contributed by atoms with van der Waals surface area (Å²) in [5.41, 5.74) is 0.971. The Labute approximate surface area is 113 Å². The molecule has 80 valence electrons. The summed E-state index contributed by atoms with van der Waals surface area (Å²) in [6.07, 6.45) is -0.512. The number of hydrogen-bond donors (Lipinski definition) is 1. The lowest BCUT2D eigenvalue weighted by Crippen LogP contribution is -1.93. The van der Waals surface area contributed by atoms with Crippen LogP contribution in [0.3, 0.4) is 0 Å². The molecule has 0 saturated heterocycles. The van der Waals surface area contributed by atoms with Gasteiger partial charge in [-0.05, 0) is 61.9 Å². The molecule has 0 saturated carbocycles. The SMILES string of the molecule is Cc1cc(C(O)c2cc(Br)c(Br)s2)cs1. The summed E-state index contributed by atoms with van der Waals surface area (Å²) >= 11 is 10.1. The number of aliphatic hydroxyl groups excluding tert-OH is 1. The topological polar surface area (TPSA) is 20.2 Å². The Morgan fingerprint density at radius 3 is 2.53 bits per heavy atom. The van der Waals surface area contributed by atoms with Crippen LogP contribution in [-0.2, 0) is 0 Å². The van der Waals surface area contributed by atoms with Crippen molar-refractivity contribution in [3.63, 3.8) is 0 Å². The van der Waals surface area contributed by atoms with Crippen molar-refractivity contribution in [1.29, 1.82) is 0 Å². The fraction of sp³-hybridized carbons (Fsp3) is 0.200. The maximum atomic E-state index is 10.1. The number of hydrogen-bond acceptors (Lipinski definition) is 3. The second-order valence-electron chi connectivity index (χ2n) is 3.16. The van der Waals surface area contributed by atoms with E-state index in [1.807, 2.05) is 24.4 Å². The molecule has 0 aliphatic carbocycles. The van der Waals surface area contributed by atoms with Crippen LogP contribution in [0.2, 0.25) is 0 Å². The maximum Gasteiger partial charge on any atom is 0.114 e. The van der Waals surface area contributed by atoms with Crippen molar-refractivity contribution in [2.45, 2.75) is 13.0 Å². The Kier molecular flexibility index (Phi) is 3.67. The summed E-state index contributed by atoms with van der Waals surface area (Å²) in [4.78, 5) is 2.17. The van der Waals surface area contributed by atoms with Gasteiger partial charge in [-0.15, -0.1) is 22.7 Å². The van der Waals surface area contributed by atoms with Crippen LogP contribution in [0.4, 0.5) is 0 Å². The molecule has 2 rings (SSSR count). The summed E-state index contributed by atoms with van der Waals surface area (Å²) in [5, 5.41) is 12.1. The van der Waals surface area contributed by atoms with Crippen molar-refractivity contribution >= 4 is 54.5 Å². The van der Waals surface area contributed by atoms with E-state index < -0.39 is 6.10 Å². The van der Waals surface area contributed by atoms with Gasteiger partial charge in [0.1, 0.15) is 6.10 Å². The first-order valence-electron chi connectivity index (χ1n) is 4.25. The first-order chi connectivity index (χ1) is 7.08. The van der Waals surface area contributed by atoms with Gasteiger partial charge in [0.15, 0.2) is 0 Å². The molecule has 5 heteroatoms. The molecule has 15 heavy (non-hydrogen) atoms. The van der Waals surface area contributed by atoms with Crippen LogP contribution in [0.15, 0.2) is 25.8 Å². The predicted octanol–water partition coefficient (Wildman–Crippen LogP) is 4.72. The minimum Gasteiger partial charge on any atom is -0.383 e. The first-order valence-corrected chi connectivity index (χ1v) is 7.54. The maximum absolute atomic E-state index is 10.1. The number of rotatable bonds is 2. The Morgan fingerprint density at radius 2 is 2.07 bits per heavy atom. The molecule has 0 bridgehead atoms. The third kappa shape index (κ3) is 2.53. The van der Waals surface area contributed by atoms with Crippen molar-refractivity contribution in [3.8, 4) is 0 Å². The number of thiophene rings is 2. The van der Waals surface area contributed by atoms with Gasteiger partial charge in [0.25, 0.3) is 0 Å². The van der Waals surface area contributed by atoms with Gasteiger partial charge in [-0.2, -0.15) is 0 Å². The highest BCUT2D eigenvalue weighted by atomic mass is 79.9. The summed E-state index contributed by atoms with van der Waals surface area (Å²) in [7, 11) is 0. The second-order valence-corrected chi connectivity index (χ2v) is 7.54. The summed E-state index contributed by atoms with van der Waals surface area (Å²) in [5.74, 6) is 0. The van der Waals surface area contributed by atoms with Crippen molar-refractivity contribution in [2.75, 3.05) is 0 Å². The molecule has 1 N–H and O–H groups in total. The van der Waals surface area contributed by atoms with Crippen molar-refractivity contribution < 1.29 is 5.11 Å². The zero-order chi connectivity index (χ0) is 11.0. The smallest absolute Gasteiger partial charge is 0.114 e. The molecule has 0 fully saturated rings. The lowest BCUT2D eigenvalue weighted by molar-refractivity contribution is 0.224. The van der Waals surface area contributed by atoms with E-state index in [2.05, 4.69) is 31.9 Å². The molecular formula is C10H8Br2OS2. The molecule has 1 unspecified atom stereocenters. The molecule has 0 amide bonds. The molecule has 0 spiro atoms. The third-order valence-corrected chi connectivity index (χ3v) is 6.19. The standard InChI is InChI=1S/C10H8Br2OS2/c1-5-2-6(4-14-5)9(13)8-3-7(11)10(12)15-8/h2-4,9,13H,1H3. The van der Waals surface area contributed by atoms with Crippen LogP contribution >= 0.6 is 54.5 Å². The van der Waals surface area contributed by atoms with Gasteiger partial charge in [0.2, 0.25) is 0 Å². The molecular weight excluding hydrogens is 360 g/mol. The van der Waals surface area contributed by atoms with Crippen LogP contribution < -0.4 is 0 Å². The molecule has 1 nitrogen and oxygen atoms in total. The highest BCUT2D eigenvalue weighted by molar-refractivity contribution is 9.13. The van der Waals surface area contributed by atoms with Gasteiger partial charge in [0.05, 0.1) is 3.79 Å². The van der Waals surface area contributed by atoms with E-state index in [0.29, 0.717) is 0 Å². The highest BCUT2D eigenvalue weighted by Crippen LogP contribution is 2.38. The lowest BCUT2D eigenvalue weighted by atomic mass is 10.1. The number of aliphatic hydroxyl groups is 1. The molecule has 0 aromatic carbocycles. The zero-order valence-electron chi connectivity index (χ0n) is 7.83. The second kappa shape index (κ2) is 4.67. The van der Waals surface area contributed by atoms with Crippen LogP contribution in [0.1, 0.15) is 21.4 Å². The van der Waals surface area contributed by atoms with Crippen molar-refractivity contribution in [2.24, 2.45) is 0 Å². The highest BCUT2D eigenvalue weighted by Gasteiger charge is 2.15. The zero-order valence-corrected chi connectivity index (χ0v) is 12.6. The van der Waals surface area contributed by atoms with E-state index in [1.165, 1.54) is 4.88 Å². The van der Waals surface area contributed by atoms with Crippen LogP contribution in [0.25, 0.3) is 0 Å². The molecule has 2 aromatic rings. The Morgan fingerprint density at radius 1 is 1.33 bits per heavy atom. The molecule has 2 aromatic heterocycles. The quantitative estimate of drug-likeness (QED) is 0.813.